The van der Waals surface area contributed by atoms with Gasteiger partial charge in [0.05, 0.1) is 6.42 Å². The molecule has 16 heavy (non-hydrogen) atoms. The molecule has 0 bridgehead atoms. The number of hydrogen-bond donors (Lipinski definition) is 2. The van der Waals surface area contributed by atoms with Crippen LogP contribution in [0.2, 0.25) is 0 Å². The smallest absolute Gasteiger partial charge is 0.224 e. The van der Waals surface area contributed by atoms with E-state index in [1.54, 1.807) is 0 Å². The van der Waals surface area contributed by atoms with Crippen LogP contribution in [0.5, 0.6) is 0 Å². The van der Waals surface area contributed by atoms with Crippen molar-refractivity contribution in [3.63, 3.8) is 0 Å². The maximum absolute atomic E-state index is 11.6. The Kier molecular flexibility index (Phi) is 3.96. The van der Waals surface area contributed by atoms with E-state index in [9.17, 15) is 4.79 Å². The molecule has 0 aliphatic carbocycles. The number of amides is 1. The minimum Gasteiger partial charge on any atom is -0.355 e. The van der Waals surface area contributed by atoms with Gasteiger partial charge in [0, 0.05) is 30.0 Å². The predicted molar refractivity (Wildman–Crippen MR) is 67.2 cm³/mol. The molecule has 2 N–H and O–H groups in total. The van der Waals surface area contributed by atoms with E-state index in [2.05, 4.69) is 26.6 Å². The summed E-state index contributed by atoms with van der Waals surface area (Å²) in [6.45, 7) is 2.85. The Morgan fingerprint density at radius 1 is 1.38 bits per heavy atom. The van der Waals surface area contributed by atoms with Gasteiger partial charge in [-0.3, -0.25) is 4.79 Å². The summed E-state index contributed by atoms with van der Waals surface area (Å²) < 4.78 is 1.04. The molecule has 0 spiro atoms. The van der Waals surface area contributed by atoms with E-state index in [-0.39, 0.29) is 5.91 Å². The molecule has 1 fully saturated rings. The van der Waals surface area contributed by atoms with Crippen molar-refractivity contribution >= 4 is 21.8 Å². The number of rotatable bonds is 4. The van der Waals surface area contributed by atoms with Gasteiger partial charge in [-0.25, -0.2) is 0 Å². The zero-order valence-corrected chi connectivity index (χ0v) is 10.6. The summed E-state index contributed by atoms with van der Waals surface area (Å²) in [5.41, 5.74) is 1.05. The largest absolute Gasteiger partial charge is 0.355 e. The molecule has 0 aromatic heterocycles. The molecule has 1 saturated heterocycles. The molecular formula is C12H15BrN2O. The summed E-state index contributed by atoms with van der Waals surface area (Å²) in [7, 11) is 0. The van der Waals surface area contributed by atoms with Crippen LogP contribution in [0.15, 0.2) is 28.7 Å². The Morgan fingerprint density at radius 2 is 2.06 bits per heavy atom. The van der Waals surface area contributed by atoms with Crippen LogP contribution in [-0.2, 0) is 11.2 Å². The van der Waals surface area contributed by atoms with E-state index >= 15 is 0 Å². The number of halogens is 1. The van der Waals surface area contributed by atoms with Gasteiger partial charge < -0.3 is 10.6 Å². The number of carbonyl (C=O) groups excluding carboxylic acids is 1. The molecule has 2 rings (SSSR count). The molecule has 1 amide bonds. The van der Waals surface area contributed by atoms with E-state index < -0.39 is 0 Å². The summed E-state index contributed by atoms with van der Waals surface area (Å²) in [4.78, 5) is 11.6. The fourth-order valence-corrected chi connectivity index (χ4v) is 1.87. The van der Waals surface area contributed by atoms with Crippen LogP contribution in [0.25, 0.3) is 0 Å². The Labute approximate surface area is 104 Å². The summed E-state index contributed by atoms with van der Waals surface area (Å²) in [6.07, 6.45) is 0.466. The van der Waals surface area contributed by atoms with Crippen LogP contribution in [0, 0.1) is 5.92 Å². The third-order valence-corrected chi connectivity index (χ3v) is 3.26. The van der Waals surface area contributed by atoms with Crippen molar-refractivity contribution in [1.29, 1.82) is 0 Å². The quantitative estimate of drug-likeness (QED) is 0.875. The van der Waals surface area contributed by atoms with E-state index in [0.29, 0.717) is 12.3 Å². The van der Waals surface area contributed by atoms with Crippen molar-refractivity contribution in [2.75, 3.05) is 19.6 Å². The topological polar surface area (TPSA) is 41.1 Å². The highest BCUT2D eigenvalue weighted by atomic mass is 79.9. The van der Waals surface area contributed by atoms with E-state index in [1.807, 2.05) is 24.3 Å². The number of nitrogens with one attached hydrogen (secondary N) is 2. The van der Waals surface area contributed by atoms with Gasteiger partial charge in [0.15, 0.2) is 0 Å². The van der Waals surface area contributed by atoms with Crippen molar-refractivity contribution in [3.8, 4) is 0 Å². The van der Waals surface area contributed by atoms with Gasteiger partial charge in [-0.15, -0.1) is 0 Å². The lowest BCUT2D eigenvalue weighted by atomic mass is 10.0. The van der Waals surface area contributed by atoms with Crippen LogP contribution in [-0.4, -0.2) is 25.5 Å². The fraction of sp³-hybridized carbons (Fsp3) is 0.417. The molecule has 0 saturated carbocycles. The van der Waals surface area contributed by atoms with E-state index in [4.69, 9.17) is 0 Å². The van der Waals surface area contributed by atoms with Gasteiger partial charge in [-0.2, -0.15) is 0 Å². The molecule has 1 aromatic carbocycles. The Bertz CT molecular complexity index is 360. The molecule has 0 radical (unpaired) electrons. The lowest BCUT2D eigenvalue weighted by molar-refractivity contribution is -0.120. The van der Waals surface area contributed by atoms with Crippen LogP contribution in [0.1, 0.15) is 5.56 Å². The third kappa shape index (κ3) is 3.32. The normalized spacial score (nSPS) is 15.6. The summed E-state index contributed by atoms with van der Waals surface area (Å²) in [5.74, 6) is 0.725. The summed E-state index contributed by atoms with van der Waals surface area (Å²) in [5, 5.41) is 6.14. The molecule has 86 valence electrons. The first-order chi connectivity index (χ1) is 7.74. The second-order valence-electron chi connectivity index (χ2n) is 4.13. The van der Waals surface area contributed by atoms with Gasteiger partial charge in [0.2, 0.25) is 5.91 Å². The fourth-order valence-electron chi connectivity index (χ4n) is 1.60. The van der Waals surface area contributed by atoms with Crippen molar-refractivity contribution < 1.29 is 4.79 Å². The predicted octanol–water partition coefficient (Wildman–Crippen LogP) is 1.33. The lowest BCUT2D eigenvalue weighted by Gasteiger charge is -2.27. The molecule has 1 aliphatic heterocycles. The number of benzene rings is 1. The average molecular weight is 283 g/mol. The Hall–Kier alpha value is -0.870. The molecule has 3 nitrogen and oxygen atoms in total. The average Bonchev–Trinajstić information content (AvgIpc) is 2.19. The highest BCUT2D eigenvalue weighted by molar-refractivity contribution is 9.10. The number of hydrogen-bond acceptors (Lipinski definition) is 2. The number of carbonyl (C=O) groups is 1. The van der Waals surface area contributed by atoms with Gasteiger partial charge in [0.1, 0.15) is 0 Å². The first-order valence-corrected chi connectivity index (χ1v) is 6.25. The van der Waals surface area contributed by atoms with Crippen molar-refractivity contribution in [3.05, 3.63) is 34.3 Å². The summed E-state index contributed by atoms with van der Waals surface area (Å²) >= 11 is 3.37. The molecular weight excluding hydrogens is 268 g/mol. The van der Waals surface area contributed by atoms with Crippen LogP contribution in [0.4, 0.5) is 0 Å². The minimum absolute atomic E-state index is 0.106. The maximum Gasteiger partial charge on any atom is 0.224 e. The second kappa shape index (κ2) is 5.46. The van der Waals surface area contributed by atoms with Crippen molar-refractivity contribution in [2.24, 2.45) is 5.92 Å². The van der Waals surface area contributed by atoms with E-state index in [1.165, 1.54) is 0 Å². The minimum atomic E-state index is 0.106. The van der Waals surface area contributed by atoms with Gasteiger partial charge >= 0.3 is 0 Å². The highest BCUT2D eigenvalue weighted by Crippen LogP contribution is 2.10. The first kappa shape index (κ1) is 11.6. The van der Waals surface area contributed by atoms with Crippen molar-refractivity contribution in [2.45, 2.75) is 6.42 Å². The van der Waals surface area contributed by atoms with Crippen LogP contribution in [0.3, 0.4) is 0 Å². The standard InChI is InChI=1S/C12H15BrN2O/c13-11-3-1-9(2-4-11)5-12(16)15-8-10-6-14-7-10/h1-4,10,14H,5-8H2,(H,15,16). The van der Waals surface area contributed by atoms with Gasteiger partial charge in [0.25, 0.3) is 0 Å². The van der Waals surface area contributed by atoms with E-state index in [0.717, 1.165) is 29.7 Å². The Morgan fingerprint density at radius 3 is 2.62 bits per heavy atom. The molecule has 0 unspecified atom stereocenters. The molecule has 1 heterocycles. The zero-order chi connectivity index (χ0) is 11.4. The van der Waals surface area contributed by atoms with Gasteiger partial charge in [-0.1, -0.05) is 28.1 Å². The van der Waals surface area contributed by atoms with Gasteiger partial charge in [-0.05, 0) is 17.7 Å². The van der Waals surface area contributed by atoms with Crippen LogP contribution >= 0.6 is 15.9 Å². The highest BCUT2D eigenvalue weighted by Gasteiger charge is 2.16. The Balaban J connectivity index is 1.75. The molecule has 0 atom stereocenters. The van der Waals surface area contributed by atoms with Crippen molar-refractivity contribution in [1.82, 2.24) is 10.6 Å². The second-order valence-corrected chi connectivity index (χ2v) is 5.05. The monoisotopic (exact) mass is 282 g/mol. The third-order valence-electron chi connectivity index (χ3n) is 2.73. The molecule has 1 aromatic rings. The van der Waals surface area contributed by atoms with Crippen LogP contribution < -0.4 is 10.6 Å². The SMILES string of the molecule is O=C(Cc1ccc(Br)cc1)NCC1CNC1. The zero-order valence-electron chi connectivity index (χ0n) is 9.00. The molecule has 1 aliphatic rings. The summed E-state index contributed by atoms with van der Waals surface area (Å²) in [6, 6.07) is 7.85. The molecule has 4 heteroatoms. The maximum atomic E-state index is 11.6. The first-order valence-electron chi connectivity index (χ1n) is 5.46. The lowest BCUT2D eigenvalue weighted by Crippen LogP contribution is -2.48.